The van der Waals surface area contributed by atoms with Gasteiger partial charge in [-0.3, -0.25) is 43.7 Å². The lowest BCUT2D eigenvalue weighted by molar-refractivity contribution is -0.143. The predicted octanol–water partition coefficient (Wildman–Crippen LogP) is 7.18. The molecule has 418 valence electrons. The molecule has 0 radical (unpaired) electrons. The average molecular weight is 1090 g/mol. The highest BCUT2D eigenvalue weighted by atomic mass is 19.3. The first-order valence-electron chi connectivity index (χ1n) is 27.9. The maximum absolute atomic E-state index is 14.9. The van der Waals surface area contributed by atoms with Gasteiger partial charge in [0, 0.05) is 84.7 Å². The molecule has 4 aliphatic rings. The number of amides is 7. The summed E-state index contributed by atoms with van der Waals surface area (Å²) in [6.45, 7) is 1.73. The van der Waals surface area contributed by atoms with E-state index in [1.807, 2.05) is 66.7 Å². The van der Waals surface area contributed by atoms with Gasteiger partial charge in [-0.1, -0.05) is 97.5 Å². The summed E-state index contributed by atoms with van der Waals surface area (Å²) < 4.78 is 28.5. The van der Waals surface area contributed by atoms with Crippen molar-refractivity contribution >= 4 is 58.0 Å². The summed E-state index contributed by atoms with van der Waals surface area (Å²) in [5, 5.41) is 12.3. The van der Waals surface area contributed by atoms with Gasteiger partial charge >= 0.3 is 0 Å². The number of rotatable bonds is 21. The highest BCUT2D eigenvalue weighted by Gasteiger charge is 2.46. The van der Waals surface area contributed by atoms with Crippen molar-refractivity contribution in [1.29, 1.82) is 0 Å². The number of ketones is 1. The van der Waals surface area contributed by atoms with Crippen molar-refractivity contribution in [3.63, 3.8) is 0 Å². The summed E-state index contributed by atoms with van der Waals surface area (Å²) in [5.74, 6) is -0.499. The van der Waals surface area contributed by atoms with Crippen molar-refractivity contribution in [1.82, 2.24) is 36.1 Å². The number of hydrogen-bond acceptors (Lipinski definition) is 9. The van der Waals surface area contributed by atoms with Gasteiger partial charge in [-0.15, -0.1) is 0 Å². The Bertz CT molecular complexity index is 3170. The zero-order valence-corrected chi connectivity index (χ0v) is 44.9. The first-order valence-corrected chi connectivity index (χ1v) is 27.9. The number of hydrogen-bond donors (Lipinski definition) is 6. The van der Waals surface area contributed by atoms with E-state index in [-0.39, 0.29) is 91.9 Å². The SMILES string of the molecule is CC(F)(F)c1ccc2[nH]c(C(=O)N[C@H]3CC[C@@H](NCCCCCCC#Cc4cccc5c4CN(C4CCC(=O)NC4=O)C5=O)C[C@H]4CC[C@@H](C(=O)N[C@@H](CCC(N)=O)C(=O)CC(c5ccccc5)c5ccccc5)N4C3=O)cc2c1. The lowest BCUT2D eigenvalue weighted by Crippen LogP contribution is -2.59. The molecule has 3 saturated heterocycles. The van der Waals surface area contributed by atoms with Gasteiger partial charge in [-0.05, 0) is 111 Å². The molecule has 0 aliphatic carbocycles. The van der Waals surface area contributed by atoms with Gasteiger partial charge in [-0.25, -0.2) is 8.78 Å². The van der Waals surface area contributed by atoms with Crippen LogP contribution in [0.2, 0.25) is 0 Å². The second-order valence-corrected chi connectivity index (χ2v) is 21.7. The Labute approximate surface area is 463 Å². The Morgan fingerprint density at radius 2 is 1.57 bits per heavy atom. The zero-order valence-electron chi connectivity index (χ0n) is 44.9. The van der Waals surface area contributed by atoms with Gasteiger partial charge in [0.15, 0.2) is 5.78 Å². The van der Waals surface area contributed by atoms with Crippen LogP contribution in [-0.2, 0) is 41.2 Å². The number of primary amides is 1. The minimum Gasteiger partial charge on any atom is -0.370 e. The average Bonchev–Trinajstić information content (AvgIpc) is 4.25. The molecule has 7 N–H and O–H groups in total. The van der Waals surface area contributed by atoms with Crippen LogP contribution in [0.4, 0.5) is 8.78 Å². The number of imide groups is 1. The minimum absolute atomic E-state index is 0.0228. The van der Waals surface area contributed by atoms with Crippen LogP contribution in [-0.4, -0.2) is 105 Å². The summed E-state index contributed by atoms with van der Waals surface area (Å²) in [6.07, 6.45) is 6.58. The predicted molar refractivity (Wildman–Crippen MR) is 296 cm³/mol. The Hall–Kier alpha value is -8.04. The van der Waals surface area contributed by atoms with Gasteiger partial charge in [0.2, 0.25) is 29.5 Å². The van der Waals surface area contributed by atoms with Crippen molar-refractivity contribution in [3.05, 3.63) is 142 Å². The molecule has 9 rings (SSSR count). The number of unbranched alkanes of at least 4 members (excludes halogenated alkanes) is 4. The molecule has 7 amide bonds. The van der Waals surface area contributed by atoms with Crippen LogP contribution < -0.4 is 27.0 Å². The molecule has 0 saturated carbocycles. The number of aromatic nitrogens is 1. The van der Waals surface area contributed by atoms with E-state index in [2.05, 4.69) is 38.1 Å². The number of aromatic amines is 1. The van der Waals surface area contributed by atoms with Crippen molar-refractivity contribution < 1.29 is 47.1 Å². The van der Waals surface area contributed by atoms with E-state index in [0.29, 0.717) is 55.1 Å². The van der Waals surface area contributed by atoms with Crippen LogP contribution in [0.25, 0.3) is 10.9 Å². The van der Waals surface area contributed by atoms with Crippen molar-refractivity contribution in [3.8, 4) is 11.8 Å². The molecule has 6 atom stereocenters. The molecule has 1 unspecified atom stereocenters. The van der Waals surface area contributed by atoms with Crippen LogP contribution >= 0.6 is 0 Å². The van der Waals surface area contributed by atoms with Crippen LogP contribution in [0.5, 0.6) is 0 Å². The molecule has 18 heteroatoms. The quantitative estimate of drug-likeness (QED) is 0.0248. The molecule has 0 bridgehead atoms. The summed E-state index contributed by atoms with van der Waals surface area (Å²) in [4.78, 5) is 114. The number of Topliss-reactive ketones (excluding diaryl/α,β-unsaturated/α-hetero) is 1. The molecule has 16 nitrogen and oxygen atoms in total. The van der Waals surface area contributed by atoms with Crippen LogP contribution in [0, 0.1) is 11.8 Å². The summed E-state index contributed by atoms with van der Waals surface area (Å²) >= 11 is 0. The molecule has 4 aromatic carbocycles. The fraction of sp³-hybridized carbons (Fsp3) is 0.419. The number of nitrogens with one attached hydrogen (secondary N) is 5. The largest absolute Gasteiger partial charge is 0.370 e. The van der Waals surface area contributed by atoms with E-state index in [9.17, 15) is 47.1 Å². The summed E-state index contributed by atoms with van der Waals surface area (Å²) in [5.41, 5.74) is 9.80. The molecule has 1 aromatic heterocycles. The number of carbonyl (C=O) groups is 8. The smallest absolute Gasteiger partial charge is 0.270 e. The third-order valence-corrected chi connectivity index (χ3v) is 16.1. The first kappa shape index (κ1) is 56.7. The molecular formula is C62H68F2N8O8. The lowest BCUT2D eigenvalue weighted by atomic mass is 9.85. The van der Waals surface area contributed by atoms with Crippen LogP contribution in [0.1, 0.15) is 158 Å². The van der Waals surface area contributed by atoms with Gasteiger partial charge in [0.05, 0.1) is 6.04 Å². The van der Waals surface area contributed by atoms with Crippen molar-refractivity contribution in [2.45, 2.75) is 158 Å². The zero-order chi connectivity index (χ0) is 56.5. The van der Waals surface area contributed by atoms with Crippen LogP contribution in [0.15, 0.2) is 103 Å². The third-order valence-electron chi connectivity index (χ3n) is 16.1. The normalized spacial score (nSPS) is 20.5. The number of H-pyrrole nitrogens is 1. The second kappa shape index (κ2) is 25.4. The number of fused-ring (bicyclic) bond motifs is 3. The highest BCUT2D eigenvalue weighted by Crippen LogP contribution is 2.35. The number of carbonyl (C=O) groups excluding carboxylic acids is 8. The fourth-order valence-corrected chi connectivity index (χ4v) is 11.8. The summed E-state index contributed by atoms with van der Waals surface area (Å²) in [7, 11) is 0. The Morgan fingerprint density at radius 1 is 0.838 bits per heavy atom. The monoisotopic (exact) mass is 1090 g/mol. The number of piperidine rings is 1. The Kier molecular flexibility index (Phi) is 18.0. The number of nitrogens with zero attached hydrogens (tertiary/aromatic N) is 2. The molecule has 0 spiro atoms. The number of nitrogens with two attached hydrogens (primary N) is 1. The number of benzene rings is 4. The lowest BCUT2D eigenvalue weighted by Gasteiger charge is -2.38. The molecule has 4 aliphatic heterocycles. The van der Waals surface area contributed by atoms with E-state index in [1.165, 1.54) is 29.2 Å². The van der Waals surface area contributed by atoms with E-state index in [4.69, 9.17) is 5.73 Å². The molecule has 80 heavy (non-hydrogen) atoms. The van der Waals surface area contributed by atoms with E-state index >= 15 is 0 Å². The van der Waals surface area contributed by atoms with Gasteiger partial charge < -0.3 is 36.5 Å². The van der Waals surface area contributed by atoms with Gasteiger partial charge in [-0.2, -0.15) is 0 Å². The molecule has 3 fully saturated rings. The Morgan fingerprint density at radius 3 is 2.29 bits per heavy atom. The van der Waals surface area contributed by atoms with E-state index in [0.717, 1.165) is 54.9 Å². The molecule has 5 heterocycles. The number of halogens is 2. The second-order valence-electron chi connectivity index (χ2n) is 21.7. The third kappa shape index (κ3) is 13.5. The minimum atomic E-state index is -3.10. The van der Waals surface area contributed by atoms with E-state index < -0.39 is 59.6 Å². The topological polar surface area (TPSA) is 233 Å². The first-order chi connectivity index (χ1) is 38.5. The maximum atomic E-state index is 14.9. The summed E-state index contributed by atoms with van der Waals surface area (Å²) in [6, 6.07) is 25.8. The van der Waals surface area contributed by atoms with Gasteiger partial charge in [0.1, 0.15) is 23.8 Å². The standard InChI is InChI=1S/C62H68F2N8O8/c1-62(63,64)42-22-25-48-41(33-42)34-51(67-48)57(76)69-50-26-23-43(66-32-13-5-3-2-4-8-19-40-20-14-21-45-47(40)37-71(60(45)79)52-29-31-56(75)70-58(52)77)35-44-24-28-53(72(44)61(50)80)59(78)68-49(27-30-55(65)74)54(73)36-46(38-15-9-6-10-16-38)39-17-11-7-12-18-39/h6-7,9-12,14-18,20-22,25,33-34,43-44,46,49-50,52-53,66-67H,2-5,13,23-24,26-32,35-37H2,1H3,(H2,65,74)(H,68,78)(H,69,76)(H,70,75,77)/t43-,44-,49+,50+,52?,53+/m1/s1. The van der Waals surface area contributed by atoms with Gasteiger partial charge in [0.25, 0.3) is 17.7 Å². The van der Waals surface area contributed by atoms with Crippen LogP contribution in [0.3, 0.4) is 0 Å². The molecular weight excluding hydrogens is 1020 g/mol. The molecule has 5 aromatic rings. The maximum Gasteiger partial charge on any atom is 0.270 e. The van der Waals surface area contributed by atoms with E-state index in [1.54, 1.807) is 17.0 Å². The van der Waals surface area contributed by atoms with Crippen molar-refractivity contribution in [2.75, 3.05) is 6.54 Å². The Balaban J connectivity index is 0.848. The number of alkyl halides is 2. The van der Waals surface area contributed by atoms with Crippen molar-refractivity contribution in [2.24, 2.45) is 5.73 Å². The highest BCUT2D eigenvalue weighted by molar-refractivity contribution is 6.06. The fourth-order valence-electron chi connectivity index (χ4n) is 11.8.